The fourth-order valence-corrected chi connectivity index (χ4v) is 2.51. The third kappa shape index (κ3) is 4.76. The first-order chi connectivity index (χ1) is 11.1. The Morgan fingerprint density at radius 3 is 2.57 bits per heavy atom. The number of nitriles is 1. The fourth-order valence-electron chi connectivity index (χ4n) is 2.51. The van der Waals surface area contributed by atoms with E-state index in [-0.39, 0.29) is 6.10 Å². The van der Waals surface area contributed by atoms with Crippen molar-refractivity contribution in [2.75, 3.05) is 13.7 Å². The van der Waals surface area contributed by atoms with E-state index in [2.05, 4.69) is 16.3 Å². The van der Waals surface area contributed by atoms with Gasteiger partial charge in [-0.3, -0.25) is 0 Å². The Bertz CT molecular complexity index is 657. The summed E-state index contributed by atoms with van der Waals surface area (Å²) in [6, 6.07) is 9.68. The Balaban J connectivity index is 2.09. The minimum atomic E-state index is -0.0765. The lowest BCUT2D eigenvalue weighted by Gasteiger charge is -2.21. The Kier molecular flexibility index (Phi) is 6.07. The molecule has 0 spiro atoms. The molecule has 2 aromatic rings. The summed E-state index contributed by atoms with van der Waals surface area (Å²) in [7, 11) is 1.66. The number of aryl methyl sites for hydroxylation is 3. The number of hydrogen-bond acceptors (Lipinski definition) is 5. The van der Waals surface area contributed by atoms with Gasteiger partial charge in [0.25, 0.3) is 0 Å². The maximum atomic E-state index is 9.03. The molecule has 23 heavy (non-hydrogen) atoms. The third-order valence-electron chi connectivity index (χ3n) is 3.58. The van der Waals surface area contributed by atoms with Crippen molar-refractivity contribution in [2.45, 2.75) is 32.8 Å². The highest BCUT2D eigenvalue weighted by Crippen LogP contribution is 2.26. The van der Waals surface area contributed by atoms with Gasteiger partial charge in [-0.15, -0.1) is 0 Å². The van der Waals surface area contributed by atoms with E-state index in [1.165, 1.54) is 0 Å². The molecule has 5 nitrogen and oxygen atoms in total. The zero-order valence-corrected chi connectivity index (χ0v) is 13.7. The van der Waals surface area contributed by atoms with Crippen molar-refractivity contribution in [1.29, 1.82) is 5.26 Å². The molecule has 1 aromatic carbocycles. The van der Waals surface area contributed by atoms with E-state index in [9.17, 15) is 0 Å². The summed E-state index contributed by atoms with van der Waals surface area (Å²) in [5.41, 5.74) is 3.50. The lowest BCUT2D eigenvalue weighted by molar-refractivity contribution is 0.0748. The predicted molar refractivity (Wildman–Crippen MR) is 87.3 cm³/mol. The summed E-state index contributed by atoms with van der Waals surface area (Å²) in [5.74, 6) is 0.824. The molecule has 0 saturated heterocycles. The van der Waals surface area contributed by atoms with Gasteiger partial charge < -0.3 is 9.47 Å². The monoisotopic (exact) mass is 311 g/mol. The molecule has 0 aliphatic rings. The molecule has 0 aliphatic heterocycles. The first kappa shape index (κ1) is 16.9. The van der Waals surface area contributed by atoms with Crippen LogP contribution in [0.4, 0.5) is 0 Å². The van der Waals surface area contributed by atoms with Gasteiger partial charge in [-0.05, 0) is 62.1 Å². The van der Waals surface area contributed by atoms with Gasteiger partial charge in [0.05, 0.1) is 23.9 Å². The van der Waals surface area contributed by atoms with Gasteiger partial charge in [-0.2, -0.15) is 15.5 Å². The lowest BCUT2D eigenvalue weighted by Crippen LogP contribution is -2.24. The molecule has 2 rings (SSSR count). The van der Waals surface area contributed by atoms with Crippen molar-refractivity contribution in [3.63, 3.8) is 0 Å². The van der Waals surface area contributed by atoms with Gasteiger partial charge in [-0.1, -0.05) is 0 Å². The van der Waals surface area contributed by atoms with Gasteiger partial charge in [0.2, 0.25) is 0 Å². The molecular formula is C18H21N3O2. The summed E-state index contributed by atoms with van der Waals surface area (Å²) in [6.07, 6.45) is 3.14. The number of rotatable bonds is 7. The summed E-state index contributed by atoms with van der Waals surface area (Å²) >= 11 is 0. The molecule has 0 amide bonds. The van der Waals surface area contributed by atoms with E-state index in [0.29, 0.717) is 12.2 Å². The van der Waals surface area contributed by atoms with E-state index in [0.717, 1.165) is 35.4 Å². The molecule has 0 saturated carbocycles. The van der Waals surface area contributed by atoms with Gasteiger partial charge in [0.1, 0.15) is 11.9 Å². The van der Waals surface area contributed by atoms with Crippen LogP contribution in [0.1, 0.15) is 28.8 Å². The molecule has 0 bridgehead atoms. The maximum absolute atomic E-state index is 9.03. The molecule has 1 aromatic heterocycles. The molecule has 0 radical (unpaired) electrons. The number of aromatic nitrogens is 2. The third-order valence-corrected chi connectivity index (χ3v) is 3.58. The summed E-state index contributed by atoms with van der Waals surface area (Å²) in [4.78, 5) is 0. The molecule has 0 fully saturated rings. The van der Waals surface area contributed by atoms with Gasteiger partial charge in [-0.25, -0.2) is 0 Å². The van der Waals surface area contributed by atoms with E-state index < -0.39 is 0 Å². The van der Waals surface area contributed by atoms with E-state index in [1.807, 2.05) is 38.1 Å². The quantitative estimate of drug-likeness (QED) is 0.786. The van der Waals surface area contributed by atoms with Crippen LogP contribution in [-0.4, -0.2) is 30.0 Å². The molecule has 5 heteroatoms. The highest BCUT2D eigenvalue weighted by molar-refractivity contribution is 5.47. The normalized spacial score (nSPS) is 11.7. The highest BCUT2D eigenvalue weighted by atomic mass is 16.5. The number of nitrogens with zero attached hydrogens (tertiary/aromatic N) is 3. The largest absolute Gasteiger partial charge is 0.487 e. The van der Waals surface area contributed by atoms with Crippen LogP contribution in [0.3, 0.4) is 0 Å². The van der Waals surface area contributed by atoms with Crippen LogP contribution in [0.15, 0.2) is 30.5 Å². The fraction of sp³-hybridized carbons (Fsp3) is 0.389. The van der Waals surface area contributed by atoms with E-state index in [1.54, 1.807) is 13.3 Å². The summed E-state index contributed by atoms with van der Waals surface area (Å²) in [5, 5.41) is 17.0. The second-order valence-electron chi connectivity index (χ2n) is 5.50. The smallest absolute Gasteiger partial charge is 0.125 e. The van der Waals surface area contributed by atoms with Gasteiger partial charge >= 0.3 is 0 Å². The van der Waals surface area contributed by atoms with E-state index in [4.69, 9.17) is 14.7 Å². The standard InChI is InChI=1S/C18H21N3O2/c1-13-9-15(11-19)10-14(2)18(13)23-17(12-22-3)7-6-16-5-4-8-20-21-16/h4-5,8-10,17H,6-7,12H2,1-3H3. The summed E-state index contributed by atoms with van der Waals surface area (Å²) in [6.45, 7) is 4.41. The Labute approximate surface area is 136 Å². The first-order valence-corrected chi connectivity index (χ1v) is 7.57. The number of hydrogen-bond donors (Lipinski definition) is 0. The average molecular weight is 311 g/mol. The van der Waals surface area contributed by atoms with Crippen LogP contribution in [0, 0.1) is 25.2 Å². The zero-order valence-electron chi connectivity index (χ0n) is 13.7. The Hall–Kier alpha value is -2.45. The second kappa shape index (κ2) is 8.25. The first-order valence-electron chi connectivity index (χ1n) is 7.57. The van der Waals surface area contributed by atoms with Crippen molar-refractivity contribution < 1.29 is 9.47 Å². The molecule has 1 unspecified atom stereocenters. The Morgan fingerprint density at radius 2 is 2.00 bits per heavy atom. The maximum Gasteiger partial charge on any atom is 0.125 e. The minimum absolute atomic E-state index is 0.0765. The topological polar surface area (TPSA) is 68.0 Å². The van der Waals surface area contributed by atoms with Crippen LogP contribution in [-0.2, 0) is 11.2 Å². The average Bonchev–Trinajstić information content (AvgIpc) is 2.56. The SMILES string of the molecule is COCC(CCc1cccnn1)Oc1c(C)cc(C#N)cc1C. The molecular weight excluding hydrogens is 290 g/mol. The minimum Gasteiger partial charge on any atom is -0.487 e. The van der Waals surface area contributed by atoms with Crippen LogP contribution < -0.4 is 4.74 Å². The number of methoxy groups -OCH3 is 1. The molecule has 0 aliphatic carbocycles. The molecule has 1 heterocycles. The van der Waals surface area contributed by atoms with E-state index >= 15 is 0 Å². The van der Waals surface area contributed by atoms with Gasteiger partial charge in [0.15, 0.2) is 0 Å². The zero-order chi connectivity index (χ0) is 16.7. The Morgan fingerprint density at radius 1 is 1.26 bits per heavy atom. The summed E-state index contributed by atoms with van der Waals surface area (Å²) < 4.78 is 11.4. The molecule has 1 atom stereocenters. The van der Waals surface area contributed by atoms with Crippen molar-refractivity contribution in [2.24, 2.45) is 0 Å². The van der Waals surface area contributed by atoms with Crippen molar-refractivity contribution in [3.8, 4) is 11.8 Å². The van der Waals surface area contributed by atoms with Crippen LogP contribution in [0.2, 0.25) is 0 Å². The van der Waals surface area contributed by atoms with Crippen molar-refractivity contribution in [3.05, 3.63) is 52.8 Å². The predicted octanol–water partition coefficient (Wildman–Crippen LogP) is 2.99. The number of benzene rings is 1. The lowest BCUT2D eigenvalue weighted by atomic mass is 10.1. The van der Waals surface area contributed by atoms with Crippen molar-refractivity contribution in [1.82, 2.24) is 10.2 Å². The second-order valence-corrected chi connectivity index (χ2v) is 5.50. The van der Waals surface area contributed by atoms with Gasteiger partial charge in [0, 0.05) is 13.3 Å². The highest BCUT2D eigenvalue weighted by Gasteiger charge is 2.15. The van der Waals surface area contributed by atoms with Crippen LogP contribution in [0.25, 0.3) is 0 Å². The molecule has 120 valence electrons. The molecule has 0 N–H and O–H groups in total. The number of ether oxygens (including phenoxy) is 2. The van der Waals surface area contributed by atoms with Crippen molar-refractivity contribution >= 4 is 0 Å². The van der Waals surface area contributed by atoms with Crippen LogP contribution in [0.5, 0.6) is 5.75 Å². The van der Waals surface area contributed by atoms with Crippen LogP contribution >= 0.6 is 0 Å².